The third-order valence-electron chi connectivity index (χ3n) is 2.73. The van der Waals surface area contributed by atoms with Gasteiger partial charge in [0.25, 0.3) is 5.91 Å². The molecule has 0 aliphatic heterocycles. The highest BCUT2D eigenvalue weighted by molar-refractivity contribution is 6.02. The molecule has 20 heavy (non-hydrogen) atoms. The summed E-state index contributed by atoms with van der Waals surface area (Å²) < 4.78 is 5.55. The number of anilines is 1. The van der Waals surface area contributed by atoms with E-state index in [1.807, 2.05) is 45.0 Å². The van der Waals surface area contributed by atoms with Gasteiger partial charge in [-0.3, -0.25) is 9.89 Å². The van der Waals surface area contributed by atoms with Crippen LogP contribution in [0.3, 0.4) is 0 Å². The average molecular weight is 273 g/mol. The molecule has 0 fully saturated rings. The highest BCUT2D eigenvalue weighted by Crippen LogP contribution is 2.17. The number of aromatic nitrogens is 2. The van der Waals surface area contributed by atoms with Crippen molar-refractivity contribution in [2.24, 2.45) is 0 Å². The summed E-state index contributed by atoms with van der Waals surface area (Å²) in [6, 6.07) is 9.03. The van der Waals surface area contributed by atoms with Gasteiger partial charge in [0.1, 0.15) is 5.75 Å². The van der Waals surface area contributed by atoms with Crippen molar-refractivity contribution in [1.82, 2.24) is 10.2 Å². The minimum Gasteiger partial charge on any atom is -0.491 e. The summed E-state index contributed by atoms with van der Waals surface area (Å²) in [5.41, 5.74) is 2.05. The quantitative estimate of drug-likeness (QED) is 0.880. The molecule has 106 valence electrons. The number of nitrogens with zero attached hydrogens (tertiary/aromatic N) is 1. The number of rotatable bonds is 5. The highest BCUT2D eigenvalue weighted by Gasteiger charge is 2.10. The first-order valence-corrected chi connectivity index (χ1v) is 6.71. The molecule has 2 N–H and O–H groups in total. The average Bonchev–Trinajstić information content (AvgIpc) is 2.89. The van der Waals surface area contributed by atoms with E-state index in [-0.39, 0.29) is 12.0 Å². The fourth-order valence-corrected chi connectivity index (χ4v) is 1.74. The fraction of sp³-hybridized carbons (Fsp3) is 0.333. The lowest BCUT2D eigenvalue weighted by Crippen LogP contribution is -2.12. The smallest absolute Gasteiger partial charge is 0.276 e. The van der Waals surface area contributed by atoms with Gasteiger partial charge in [-0.05, 0) is 50.6 Å². The predicted octanol–water partition coefficient (Wildman–Crippen LogP) is 3.01. The van der Waals surface area contributed by atoms with Gasteiger partial charge in [-0.15, -0.1) is 0 Å². The maximum atomic E-state index is 12.0. The lowest BCUT2D eigenvalue weighted by molar-refractivity contribution is 0.102. The SMILES string of the molecule is CCc1cc(C(=O)Nc2ccc(OC(C)C)cc2)n[nH]1. The van der Waals surface area contributed by atoms with E-state index in [0.717, 1.165) is 17.9 Å². The largest absolute Gasteiger partial charge is 0.491 e. The number of ether oxygens (including phenoxy) is 1. The van der Waals surface area contributed by atoms with E-state index >= 15 is 0 Å². The second-order valence-electron chi connectivity index (χ2n) is 4.78. The van der Waals surface area contributed by atoms with Crippen LogP contribution in [0.2, 0.25) is 0 Å². The Kier molecular flexibility index (Phi) is 4.40. The molecule has 1 aromatic carbocycles. The first-order chi connectivity index (χ1) is 9.58. The Morgan fingerprint density at radius 1 is 1.35 bits per heavy atom. The number of benzene rings is 1. The molecule has 0 unspecified atom stereocenters. The van der Waals surface area contributed by atoms with Crippen LogP contribution in [-0.4, -0.2) is 22.2 Å². The van der Waals surface area contributed by atoms with E-state index in [0.29, 0.717) is 11.4 Å². The molecule has 0 spiro atoms. The van der Waals surface area contributed by atoms with Crippen LogP contribution in [-0.2, 0) is 6.42 Å². The zero-order chi connectivity index (χ0) is 14.5. The van der Waals surface area contributed by atoms with Crippen molar-refractivity contribution in [3.05, 3.63) is 41.7 Å². The Labute approximate surface area is 118 Å². The van der Waals surface area contributed by atoms with Crippen molar-refractivity contribution in [3.8, 4) is 5.75 Å². The minimum absolute atomic E-state index is 0.131. The molecule has 0 aliphatic rings. The minimum atomic E-state index is -0.224. The Bertz CT molecular complexity index is 573. The maximum Gasteiger partial charge on any atom is 0.276 e. The van der Waals surface area contributed by atoms with Crippen LogP contribution < -0.4 is 10.1 Å². The summed E-state index contributed by atoms with van der Waals surface area (Å²) >= 11 is 0. The van der Waals surface area contributed by atoms with Gasteiger partial charge < -0.3 is 10.1 Å². The number of carbonyl (C=O) groups is 1. The third-order valence-corrected chi connectivity index (χ3v) is 2.73. The lowest BCUT2D eigenvalue weighted by Gasteiger charge is -2.10. The first kappa shape index (κ1) is 14.1. The molecule has 2 aromatic rings. The molecule has 0 aliphatic carbocycles. The van der Waals surface area contributed by atoms with Gasteiger partial charge in [-0.25, -0.2) is 0 Å². The van der Waals surface area contributed by atoms with Crippen LogP contribution in [0.25, 0.3) is 0 Å². The molecule has 1 amide bonds. The summed E-state index contributed by atoms with van der Waals surface area (Å²) in [7, 11) is 0. The molecule has 0 bridgehead atoms. The van der Waals surface area contributed by atoms with Crippen molar-refractivity contribution in [3.63, 3.8) is 0 Å². The van der Waals surface area contributed by atoms with Crippen molar-refractivity contribution >= 4 is 11.6 Å². The van der Waals surface area contributed by atoms with Crippen molar-refractivity contribution in [2.75, 3.05) is 5.32 Å². The van der Waals surface area contributed by atoms with Gasteiger partial charge in [0.05, 0.1) is 6.10 Å². The summed E-state index contributed by atoms with van der Waals surface area (Å²) in [5, 5.41) is 9.60. The number of hydrogen-bond acceptors (Lipinski definition) is 3. The van der Waals surface area contributed by atoms with Gasteiger partial charge >= 0.3 is 0 Å². The van der Waals surface area contributed by atoms with Crippen LogP contribution in [0, 0.1) is 0 Å². The number of nitrogens with one attached hydrogen (secondary N) is 2. The van der Waals surface area contributed by atoms with Gasteiger partial charge in [-0.1, -0.05) is 6.92 Å². The molecule has 5 nitrogen and oxygen atoms in total. The summed E-state index contributed by atoms with van der Waals surface area (Å²) in [6.45, 7) is 5.94. The van der Waals surface area contributed by atoms with E-state index in [1.54, 1.807) is 6.07 Å². The second-order valence-corrected chi connectivity index (χ2v) is 4.78. The highest BCUT2D eigenvalue weighted by atomic mass is 16.5. The zero-order valence-corrected chi connectivity index (χ0v) is 11.9. The molecule has 0 radical (unpaired) electrons. The molecular weight excluding hydrogens is 254 g/mol. The Hall–Kier alpha value is -2.30. The van der Waals surface area contributed by atoms with Gasteiger partial charge in [0, 0.05) is 11.4 Å². The Balaban J connectivity index is 2.00. The first-order valence-electron chi connectivity index (χ1n) is 6.71. The lowest BCUT2D eigenvalue weighted by atomic mass is 10.2. The van der Waals surface area contributed by atoms with Gasteiger partial charge in [0.15, 0.2) is 5.69 Å². The van der Waals surface area contributed by atoms with E-state index in [4.69, 9.17) is 4.74 Å². The van der Waals surface area contributed by atoms with E-state index in [2.05, 4.69) is 15.5 Å². The van der Waals surface area contributed by atoms with E-state index in [1.165, 1.54) is 0 Å². The number of H-pyrrole nitrogens is 1. The van der Waals surface area contributed by atoms with Crippen LogP contribution in [0.1, 0.15) is 37.0 Å². The molecule has 0 saturated heterocycles. The zero-order valence-electron chi connectivity index (χ0n) is 11.9. The molecule has 1 heterocycles. The number of hydrogen-bond donors (Lipinski definition) is 2. The van der Waals surface area contributed by atoms with Crippen LogP contribution in [0.5, 0.6) is 5.75 Å². The van der Waals surface area contributed by atoms with Crippen LogP contribution >= 0.6 is 0 Å². The number of amides is 1. The van der Waals surface area contributed by atoms with Gasteiger partial charge in [-0.2, -0.15) is 5.10 Å². The standard InChI is InChI=1S/C15H19N3O2/c1-4-11-9-14(18-17-11)15(19)16-12-5-7-13(8-6-12)20-10(2)3/h5-10H,4H2,1-3H3,(H,16,19)(H,17,18). The molecule has 2 rings (SSSR count). The molecule has 0 saturated carbocycles. The molecule has 1 aromatic heterocycles. The number of aromatic amines is 1. The van der Waals surface area contributed by atoms with Crippen molar-refractivity contribution < 1.29 is 9.53 Å². The molecule has 5 heteroatoms. The van der Waals surface area contributed by atoms with Crippen molar-refractivity contribution in [2.45, 2.75) is 33.3 Å². The topological polar surface area (TPSA) is 67.0 Å². The summed E-state index contributed by atoms with van der Waals surface area (Å²) in [6.07, 6.45) is 0.952. The second kappa shape index (κ2) is 6.23. The normalized spacial score (nSPS) is 10.6. The number of carbonyl (C=O) groups excluding carboxylic acids is 1. The summed E-state index contributed by atoms with van der Waals surface area (Å²) in [5.74, 6) is 0.560. The van der Waals surface area contributed by atoms with Gasteiger partial charge in [0.2, 0.25) is 0 Å². The predicted molar refractivity (Wildman–Crippen MR) is 78.1 cm³/mol. The fourth-order valence-electron chi connectivity index (χ4n) is 1.74. The van der Waals surface area contributed by atoms with Crippen LogP contribution in [0.15, 0.2) is 30.3 Å². The molecular formula is C15H19N3O2. The van der Waals surface area contributed by atoms with Crippen LogP contribution in [0.4, 0.5) is 5.69 Å². The maximum absolute atomic E-state index is 12.0. The monoisotopic (exact) mass is 273 g/mol. The summed E-state index contributed by atoms with van der Waals surface area (Å²) in [4.78, 5) is 12.0. The van der Waals surface area contributed by atoms with E-state index in [9.17, 15) is 4.79 Å². The third kappa shape index (κ3) is 3.60. The number of aryl methyl sites for hydroxylation is 1. The Morgan fingerprint density at radius 2 is 2.05 bits per heavy atom. The van der Waals surface area contributed by atoms with E-state index < -0.39 is 0 Å². The Morgan fingerprint density at radius 3 is 2.60 bits per heavy atom. The molecule has 0 atom stereocenters. The van der Waals surface area contributed by atoms with Crippen molar-refractivity contribution in [1.29, 1.82) is 0 Å².